The maximum absolute atomic E-state index is 12.3. The molecule has 1 fully saturated rings. The zero-order chi connectivity index (χ0) is 20.0. The van der Waals surface area contributed by atoms with Crippen molar-refractivity contribution in [2.24, 2.45) is 0 Å². The van der Waals surface area contributed by atoms with Crippen LogP contribution in [0.3, 0.4) is 0 Å². The van der Waals surface area contributed by atoms with Gasteiger partial charge in [0.2, 0.25) is 0 Å². The number of benzene rings is 1. The third-order valence-electron chi connectivity index (χ3n) is 4.53. The van der Waals surface area contributed by atoms with Crippen LogP contribution in [-0.4, -0.2) is 59.1 Å². The highest BCUT2D eigenvalue weighted by molar-refractivity contribution is 5.95. The Hall–Kier alpha value is -2.61. The Balaban J connectivity index is 1.80. The predicted molar refractivity (Wildman–Crippen MR) is 103 cm³/mol. The molecule has 1 aliphatic rings. The van der Waals surface area contributed by atoms with Gasteiger partial charge in [-0.1, -0.05) is 6.92 Å². The first-order chi connectivity index (χ1) is 12.8. The second kappa shape index (κ2) is 9.36. The van der Waals surface area contributed by atoms with Crippen molar-refractivity contribution in [2.75, 3.05) is 18.4 Å². The van der Waals surface area contributed by atoms with Gasteiger partial charge in [-0.05, 0) is 57.5 Å². The lowest BCUT2D eigenvalue weighted by Crippen LogP contribution is -2.54. The SMILES string of the molecule is CCN(CC(=O)O)C1CC(NC(=O)c2ccc(NC(=O)NC(C)C)cc2)C1. The molecule has 1 saturated carbocycles. The summed E-state index contributed by atoms with van der Waals surface area (Å²) in [5, 5.41) is 17.3. The monoisotopic (exact) mass is 376 g/mol. The van der Waals surface area contributed by atoms with Gasteiger partial charge in [0.25, 0.3) is 5.91 Å². The lowest BCUT2D eigenvalue weighted by Gasteiger charge is -2.42. The van der Waals surface area contributed by atoms with Crippen molar-refractivity contribution in [3.63, 3.8) is 0 Å². The van der Waals surface area contributed by atoms with Gasteiger partial charge in [-0.15, -0.1) is 0 Å². The van der Waals surface area contributed by atoms with E-state index in [9.17, 15) is 14.4 Å². The van der Waals surface area contributed by atoms with E-state index < -0.39 is 5.97 Å². The highest BCUT2D eigenvalue weighted by atomic mass is 16.4. The van der Waals surface area contributed by atoms with Crippen molar-refractivity contribution >= 4 is 23.6 Å². The van der Waals surface area contributed by atoms with Crippen LogP contribution in [0.2, 0.25) is 0 Å². The summed E-state index contributed by atoms with van der Waals surface area (Å²) >= 11 is 0. The maximum atomic E-state index is 12.3. The molecule has 8 nitrogen and oxygen atoms in total. The molecule has 8 heteroatoms. The summed E-state index contributed by atoms with van der Waals surface area (Å²) in [6, 6.07) is 6.71. The van der Waals surface area contributed by atoms with E-state index in [1.165, 1.54) is 0 Å². The minimum Gasteiger partial charge on any atom is -0.480 e. The molecule has 0 aromatic heterocycles. The molecule has 0 heterocycles. The fourth-order valence-corrected chi connectivity index (χ4v) is 3.08. The first kappa shape index (κ1) is 20.7. The van der Waals surface area contributed by atoms with E-state index in [0.29, 0.717) is 17.8 Å². The second-order valence-electron chi connectivity index (χ2n) is 7.08. The number of nitrogens with zero attached hydrogens (tertiary/aromatic N) is 1. The second-order valence-corrected chi connectivity index (χ2v) is 7.08. The third-order valence-corrected chi connectivity index (χ3v) is 4.53. The summed E-state index contributed by atoms with van der Waals surface area (Å²) in [6.07, 6.45) is 1.50. The van der Waals surface area contributed by atoms with E-state index in [0.717, 1.165) is 12.8 Å². The number of carboxylic acid groups (broad SMARTS) is 1. The summed E-state index contributed by atoms with van der Waals surface area (Å²) in [5.41, 5.74) is 1.13. The molecule has 148 valence electrons. The van der Waals surface area contributed by atoms with Gasteiger partial charge in [0.05, 0.1) is 6.54 Å². The highest BCUT2D eigenvalue weighted by Crippen LogP contribution is 2.26. The number of carbonyl (C=O) groups is 3. The van der Waals surface area contributed by atoms with E-state index in [4.69, 9.17) is 5.11 Å². The normalized spacial score (nSPS) is 18.7. The molecule has 0 radical (unpaired) electrons. The number of carbonyl (C=O) groups excluding carboxylic acids is 2. The van der Waals surface area contributed by atoms with Crippen molar-refractivity contribution in [3.05, 3.63) is 29.8 Å². The van der Waals surface area contributed by atoms with Gasteiger partial charge < -0.3 is 21.1 Å². The topological polar surface area (TPSA) is 111 Å². The number of hydrogen-bond acceptors (Lipinski definition) is 4. The zero-order valence-electron chi connectivity index (χ0n) is 16.0. The molecule has 0 unspecified atom stereocenters. The molecular formula is C19H28N4O4. The lowest BCUT2D eigenvalue weighted by atomic mass is 9.85. The van der Waals surface area contributed by atoms with Crippen LogP contribution in [0.25, 0.3) is 0 Å². The first-order valence-corrected chi connectivity index (χ1v) is 9.22. The van der Waals surface area contributed by atoms with Crippen molar-refractivity contribution in [3.8, 4) is 0 Å². The Morgan fingerprint density at radius 3 is 2.33 bits per heavy atom. The molecule has 0 spiro atoms. The molecule has 0 bridgehead atoms. The Labute approximate surface area is 159 Å². The van der Waals surface area contributed by atoms with E-state index in [-0.39, 0.29) is 36.6 Å². The average molecular weight is 376 g/mol. The molecule has 2 rings (SSSR count). The molecule has 1 aromatic rings. The predicted octanol–water partition coefficient (Wildman–Crippen LogP) is 1.88. The van der Waals surface area contributed by atoms with Gasteiger partial charge in [0.15, 0.2) is 0 Å². The van der Waals surface area contributed by atoms with E-state index in [1.807, 2.05) is 25.7 Å². The van der Waals surface area contributed by atoms with Gasteiger partial charge in [-0.3, -0.25) is 14.5 Å². The van der Waals surface area contributed by atoms with Crippen molar-refractivity contribution in [2.45, 2.75) is 51.7 Å². The summed E-state index contributed by atoms with van der Waals surface area (Å²) in [7, 11) is 0. The van der Waals surface area contributed by atoms with Crippen LogP contribution in [-0.2, 0) is 4.79 Å². The first-order valence-electron chi connectivity index (χ1n) is 9.22. The highest BCUT2D eigenvalue weighted by Gasteiger charge is 2.34. The zero-order valence-corrected chi connectivity index (χ0v) is 16.0. The number of aliphatic carboxylic acids is 1. The van der Waals surface area contributed by atoms with Crippen LogP contribution in [0.5, 0.6) is 0 Å². The number of hydrogen-bond donors (Lipinski definition) is 4. The molecular weight excluding hydrogens is 348 g/mol. The third kappa shape index (κ3) is 6.25. The Morgan fingerprint density at radius 1 is 1.19 bits per heavy atom. The van der Waals surface area contributed by atoms with Crippen LogP contribution in [0.4, 0.5) is 10.5 Å². The van der Waals surface area contributed by atoms with Crippen LogP contribution < -0.4 is 16.0 Å². The summed E-state index contributed by atoms with van der Waals surface area (Å²) in [6.45, 7) is 6.39. The number of rotatable bonds is 8. The van der Waals surface area contributed by atoms with Crippen molar-refractivity contribution in [1.29, 1.82) is 0 Å². The fourth-order valence-electron chi connectivity index (χ4n) is 3.08. The number of urea groups is 1. The van der Waals surface area contributed by atoms with E-state index in [1.54, 1.807) is 24.3 Å². The number of anilines is 1. The number of likely N-dealkylation sites (N-methyl/N-ethyl adjacent to an activating group) is 1. The largest absolute Gasteiger partial charge is 0.480 e. The molecule has 0 aliphatic heterocycles. The molecule has 1 aromatic carbocycles. The van der Waals surface area contributed by atoms with Crippen molar-refractivity contribution < 1.29 is 19.5 Å². The van der Waals surface area contributed by atoms with Gasteiger partial charge in [-0.2, -0.15) is 0 Å². The Morgan fingerprint density at radius 2 is 1.81 bits per heavy atom. The molecule has 4 N–H and O–H groups in total. The number of amides is 3. The van der Waals surface area contributed by atoms with Gasteiger partial charge in [0.1, 0.15) is 0 Å². The summed E-state index contributed by atoms with van der Waals surface area (Å²) < 4.78 is 0. The Bertz CT molecular complexity index is 669. The minimum atomic E-state index is -0.833. The molecule has 3 amide bonds. The molecule has 1 aliphatic carbocycles. The smallest absolute Gasteiger partial charge is 0.319 e. The molecule has 0 atom stereocenters. The van der Waals surface area contributed by atoms with Crippen LogP contribution in [0.15, 0.2) is 24.3 Å². The van der Waals surface area contributed by atoms with Gasteiger partial charge in [-0.25, -0.2) is 4.79 Å². The standard InChI is InChI=1S/C19H28N4O4/c1-4-23(11-17(24)25)16-9-15(10-16)21-18(26)13-5-7-14(8-6-13)22-19(27)20-12(2)3/h5-8,12,15-16H,4,9-11H2,1-3H3,(H,21,26)(H,24,25)(H2,20,22,27). The minimum absolute atomic E-state index is 0.0285. The quantitative estimate of drug-likeness (QED) is 0.554. The van der Waals surface area contributed by atoms with Crippen molar-refractivity contribution in [1.82, 2.24) is 15.5 Å². The lowest BCUT2D eigenvalue weighted by molar-refractivity contribution is -0.139. The number of nitrogens with one attached hydrogen (secondary N) is 3. The van der Waals surface area contributed by atoms with Crippen LogP contribution in [0, 0.1) is 0 Å². The van der Waals surface area contributed by atoms with Gasteiger partial charge in [0, 0.05) is 29.4 Å². The maximum Gasteiger partial charge on any atom is 0.319 e. The molecule has 0 saturated heterocycles. The van der Waals surface area contributed by atoms with Gasteiger partial charge >= 0.3 is 12.0 Å². The van der Waals surface area contributed by atoms with E-state index in [2.05, 4.69) is 16.0 Å². The Kier molecular flexibility index (Phi) is 7.18. The van der Waals surface area contributed by atoms with E-state index >= 15 is 0 Å². The van der Waals surface area contributed by atoms with Crippen LogP contribution in [0.1, 0.15) is 44.0 Å². The molecule has 27 heavy (non-hydrogen) atoms. The summed E-state index contributed by atoms with van der Waals surface area (Å²) in [4.78, 5) is 36.8. The number of carboxylic acids is 1. The summed E-state index contributed by atoms with van der Waals surface area (Å²) in [5.74, 6) is -1.00. The average Bonchev–Trinajstić information content (AvgIpc) is 2.55. The fraction of sp³-hybridized carbons (Fsp3) is 0.526. The van der Waals surface area contributed by atoms with Crippen LogP contribution >= 0.6 is 0 Å².